The Bertz CT molecular complexity index is 1040. The number of aromatic nitrogens is 1. The lowest BCUT2D eigenvalue weighted by Crippen LogP contribution is -2.28. The van der Waals surface area contributed by atoms with Gasteiger partial charge in [-0.15, -0.1) is 0 Å². The molecule has 0 bridgehead atoms. The highest BCUT2D eigenvalue weighted by Crippen LogP contribution is 2.20. The lowest BCUT2D eigenvalue weighted by Gasteiger charge is -2.08. The number of anilines is 1. The summed E-state index contributed by atoms with van der Waals surface area (Å²) in [6.45, 7) is 0.141. The third kappa shape index (κ3) is 4.73. The summed E-state index contributed by atoms with van der Waals surface area (Å²) in [6, 6.07) is 10.8. The van der Waals surface area contributed by atoms with Crippen LogP contribution >= 0.6 is 0 Å². The second kappa shape index (κ2) is 8.34. The number of hydrogen-bond donors (Lipinski definition) is 4. The number of nitrogens with one attached hydrogen (secondary N) is 3. The number of aromatic amines is 1. The van der Waals surface area contributed by atoms with Crippen molar-refractivity contribution in [3.05, 3.63) is 65.6 Å². The lowest BCUT2D eigenvalue weighted by molar-refractivity contribution is -0.118. The standard InChI is InChI=1S/C20H19FN4O3/c21-14-4-5-17-16(10-14)13(11-24-17)9-19(27)25-15-3-1-2-12(8-15)20(28)23-7-6-18(22)26/h1-5,8,10-11,24H,6-7,9H2,(H2,22,26)(H,23,28)(H,25,27). The molecular weight excluding hydrogens is 363 g/mol. The Hall–Kier alpha value is -3.68. The van der Waals surface area contributed by atoms with Crippen molar-refractivity contribution >= 4 is 34.3 Å². The van der Waals surface area contributed by atoms with Gasteiger partial charge < -0.3 is 21.4 Å². The van der Waals surface area contributed by atoms with E-state index in [2.05, 4.69) is 15.6 Å². The molecule has 0 saturated carbocycles. The van der Waals surface area contributed by atoms with Gasteiger partial charge in [0.2, 0.25) is 11.8 Å². The zero-order valence-electron chi connectivity index (χ0n) is 14.9. The number of nitrogens with two attached hydrogens (primary N) is 1. The van der Waals surface area contributed by atoms with Crippen LogP contribution in [0.25, 0.3) is 10.9 Å². The molecule has 0 aliphatic rings. The number of primary amides is 1. The maximum absolute atomic E-state index is 13.5. The van der Waals surface area contributed by atoms with Gasteiger partial charge in [-0.05, 0) is 42.0 Å². The second-order valence-corrected chi connectivity index (χ2v) is 6.28. The summed E-state index contributed by atoms with van der Waals surface area (Å²) in [4.78, 5) is 38.2. The van der Waals surface area contributed by atoms with Gasteiger partial charge in [-0.25, -0.2) is 4.39 Å². The summed E-state index contributed by atoms with van der Waals surface area (Å²) in [5, 5.41) is 5.96. The summed E-state index contributed by atoms with van der Waals surface area (Å²) in [5.41, 5.74) is 7.26. The topological polar surface area (TPSA) is 117 Å². The highest BCUT2D eigenvalue weighted by atomic mass is 19.1. The van der Waals surface area contributed by atoms with E-state index in [4.69, 9.17) is 5.73 Å². The third-order valence-electron chi connectivity index (χ3n) is 4.15. The van der Waals surface area contributed by atoms with Crippen molar-refractivity contribution in [1.29, 1.82) is 0 Å². The molecule has 1 heterocycles. The van der Waals surface area contributed by atoms with E-state index in [0.29, 0.717) is 22.2 Å². The molecule has 0 fully saturated rings. The SMILES string of the molecule is NC(=O)CCNC(=O)c1cccc(NC(=O)Cc2c[nH]c3ccc(F)cc23)c1. The molecular formula is C20H19FN4O3. The lowest BCUT2D eigenvalue weighted by atomic mass is 10.1. The van der Waals surface area contributed by atoms with E-state index in [1.54, 1.807) is 30.5 Å². The van der Waals surface area contributed by atoms with Crippen molar-refractivity contribution in [2.75, 3.05) is 11.9 Å². The van der Waals surface area contributed by atoms with Gasteiger partial charge in [0.25, 0.3) is 5.91 Å². The first-order valence-corrected chi connectivity index (χ1v) is 8.64. The Kier molecular flexibility index (Phi) is 5.69. The number of fused-ring (bicyclic) bond motifs is 1. The number of carbonyl (C=O) groups is 3. The number of carbonyl (C=O) groups excluding carboxylic acids is 3. The van der Waals surface area contributed by atoms with Crippen molar-refractivity contribution in [2.24, 2.45) is 5.73 Å². The van der Waals surface area contributed by atoms with Crippen LogP contribution in [0.15, 0.2) is 48.7 Å². The maximum atomic E-state index is 13.5. The molecule has 0 saturated heterocycles. The van der Waals surface area contributed by atoms with Crippen LogP contribution < -0.4 is 16.4 Å². The number of halogens is 1. The molecule has 0 radical (unpaired) electrons. The predicted molar refractivity (Wildman–Crippen MR) is 103 cm³/mol. The van der Waals surface area contributed by atoms with E-state index in [9.17, 15) is 18.8 Å². The minimum absolute atomic E-state index is 0.0490. The van der Waals surface area contributed by atoms with Gasteiger partial charge in [0.1, 0.15) is 5.82 Å². The molecule has 5 N–H and O–H groups in total. The van der Waals surface area contributed by atoms with Gasteiger partial charge in [0, 0.05) is 41.3 Å². The van der Waals surface area contributed by atoms with Crippen molar-refractivity contribution < 1.29 is 18.8 Å². The van der Waals surface area contributed by atoms with Gasteiger partial charge in [0.15, 0.2) is 0 Å². The first kappa shape index (κ1) is 19.1. The zero-order chi connectivity index (χ0) is 20.1. The van der Waals surface area contributed by atoms with Gasteiger partial charge in [-0.3, -0.25) is 14.4 Å². The molecule has 0 unspecified atom stereocenters. The second-order valence-electron chi connectivity index (χ2n) is 6.28. The molecule has 2 aromatic carbocycles. The van der Waals surface area contributed by atoms with Crippen LogP contribution in [0.1, 0.15) is 22.3 Å². The van der Waals surface area contributed by atoms with Gasteiger partial charge in [-0.1, -0.05) is 6.07 Å². The van der Waals surface area contributed by atoms with Crippen molar-refractivity contribution in [3.8, 4) is 0 Å². The normalized spacial score (nSPS) is 10.6. The number of rotatable bonds is 7. The molecule has 3 rings (SSSR count). The van der Waals surface area contributed by atoms with Crippen molar-refractivity contribution in [2.45, 2.75) is 12.8 Å². The maximum Gasteiger partial charge on any atom is 0.251 e. The van der Waals surface area contributed by atoms with Gasteiger partial charge in [0.05, 0.1) is 6.42 Å². The zero-order valence-corrected chi connectivity index (χ0v) is 14.9. The average molecular weight is 382 g/mol. The molecule has 7 nitrogen and oxygen atoms in total. The molecule has 0 spiro atoms. The van der Waals surface area contributed by atoms with Crippen LogP contribution in [0.5, 0.6) is 0 Å². The van der Waals surface area contributed by atoms with E-state index in [0.717, 1.165) is 5.52 Å². The monoisotopic (exact) mass is 382 g/mol. The summed E-state index contributed by atoms with van der Waals surface area (Å²) < 4.78 is 13.5. The Labute approximate surface area is 160 Å². The molecule has 0 aliphatic carbocycles. The highest BCUT2D eigenvalue weighted by Gasteiger charge is 2.11. The number of benzene rings is 2. The van der Waals surface area contributed by atoms with Crippen molar-refractivity contribution in [1.82, 2.24) is 10.3 Å². The first-order chi connectivity index (χ1) is 13.4. The average Bonchev–Trinajstić information content (AvgIpc) is 3.03. The fourth-order valence-corrected chi connectivity index (χ4v) is 2.81. The number of H-pyrrole nitrogens is 1. The highest BCUT2D eigenvalue weighted by molar-refractivity contribution is 5.98. The van der Waals surface area contributed by atoms with E-state index < -0.39 is 5.91 Å². The summed E-state index contributed by atoms with van der Waals surface area (Å²) in [6.07, 6.45) is 1.78. The molecule has 28 heavy (non-hydrogen) atoms. The van der Waals surface area contributed by atoms with Crippen LogP contribution in [0, 0.1) is 5.82 Å². The Balaban J connectivity index is 1.64. The quantitative estimate of drug-likeness (QED) is 0.501. The summed E-state index contributed by atoms with van der Waals surface area (Å²) in [5.74, 6) is -1.54. The fourth-order valence-electron chi connectivity index (χ4n) is 2.81. The molecule has 1 aromatic heterocycles. The van der Waals surface area contributed by atoms with E-state index in [1.807, 2.05) is 0 Å². The fraction of sp³-hybridized carbons (Fsp3) is 0.150. The minimum Gasteiger partial charge on any atom is -0.370 e. The van der Waals surface area contributed by atoms with Crippen molar-refractivity contribution in [3.63, 3.8) is 0 Å². The minimum atomic E-state index is -0.501. The Morgan fingerprint density at radius 3 is 2.71 bits per heavy atom. The van der Waals surface area contributed by atoms with Gasteiger partial charge >= 0.3 is 0 Å². The van der Waals surface area contributed by atoms with Crippen LogP contribution in [0.2, 0.25) is 0 Å². The Morgan fingerprint density at radius 2 is 1.93 bits per heavy atom. The third-order valence-corrected chi connectivity index (χ3v) is 4.15. The molecule has 3 aromatic rings. The van der Waals surface area contributed by atoms with E-state index in [1.165, 1.54) is 18.2 Å². The van der Waals surface area contributed by atoms with Crippen LogP contribution in [0.4, 0.5) is 10.1 Å². The first-order valence-electron chi connectivity index (χ1n) is 8.64. The molecule has 3 amide bonds. The summed E-state index contributed by atoms with van der Waals surface area (Å²) >= 11 is 0. The molecule has 0 atom stereocenters. The van der Waals surface area contributed by atoms with Gasteiger partial charge in [-0.2, -0.15) is 0 Å². The van der Waals surface area contributed by atoms with E-state index >= 15 is 0 Å². The molecule has 144 valence electrons. The number of amides is 3. The smallest absolute Gasteiger partial charge is 0.251 e. The van der Waals surface area contributed by atoms with Crippen LogP contribution in [0.3, 0.4) is 0 Å². The number of hydrogen-bond acceptors (Lipinski definition) is 3. The summed E-state index contributed by atoms with van der Waals surface area (Å²) in [7, 11) is 0. The largest absolute Gasteiger partial charge is 0.370 e. The predicted octanol–water partition coefficient (Wildman–Crippen LogP) is 2.09. The van der Waals surface area contributed by atoms with Crippen LogP contribution in [-0.2, 0) is 16.0 Å². The van der Waals surface area contributed by atoms with E-state index in [-0.39, 0.29) is 37.0 Å². The molecule has 0 aliphatic heterocycles. The Morgan fingerprint density at radius 1 is 1.11 bits per heavy atom. The van der Waals surface area contributed by atoms with Crippen LogP contribution in [-0.4, -0.2) is 29.3 Å². The molecule has 8 heteroatoms.